The van der Waals surface area contributed by atoms with Crippen molar-refractivity contribution in [1.29, 1.82) is 0 Å². The number of hydrogen-bond donors (Lipinski definition) is 1. The molecule has 1 aromatic heterocycles. The van der Waals surface area contributed by atoms with Gasteiger partial charge in [-0.15, -0.1) is 5.56 Å². The van der Waals surface area contributed by atoms with Crippen LogP contribution in [-0.2, 0) is 0 Å². The van der Waals surface area contributed by atoms with Crippen molar-refractivity contribution in [3.05, 3.63) is 20.0 Å². The van der Waals surface area contributed by atoms with E-state index in [-0.39, 0.29) is 10.5 Å². The minimum atomic E-state index is -0.0370. The molecule has 0 radical (unpaired) electrons. The fourth-order valence-corrected chi connectivity index (χ4v) is 1.40. The fourth-order valence-electron chi connectivity index (χ4n) is 0.625. The van der Waals surface area contributed by atoms with Crippen LogP contribution in [0, 0.1) is 13.8 Å². The molecule has 52 valence electrons. The summed E-state index contributed by atoms with van der Waals surface area (Å²) in [6.07, 6.45) is 0. The first-order valence-electron chi connectivity index (χ1n) is 2.59. The number of aromatic hydroxyl groups is 1. The van der Waals surface area contributed by atoms with Gasteiger partial charge < -0.3 is 9.90 Å². The summed E-state index contributed by atoms with van der Waals surface area (Å²) in [4.78, 5) is 11.4. The van der Waals surface area contributed by atoms with E-state index in [1.54, 1.807) is 13.8 Å². The molecular weight excluding hydrogens is 403 g/mol. The Balaban J connectivity index is 0.000000810. The molecule has 1 rings (SSSR count). The summed E-state index contributed by atoms with van der Waals surface area (Å²) in [6, 6.07) is 0. The van der Waals surface area contributed by atoms with Crippen molar-refractivity contribution in [3.63, 3.8) is 0 Å². The molecule has 0 fully saturated rings. The molecule has 2 nitrogen and oxygen atoms in total. The number of thiophene rings is 1. The van der Waals surface area contributed by atoms with Gasteiger partial charge in [0, 0.05) is 5.75 Å². The van der Waals surface area contributed by atoms with E-state index in [2.05, 4.69) is 0 Å². The predicted octanol–water partition coefficient (Wildman–Crippen LogP) is 1.15. The molecule has 0 aliphatic rings. The third kappa shape index (κ3) is 0.865. The number of rotatable bonds is 0. The van der Waals surface area contributed by atoms with Gasteiger partial charge in [0.15, 0.2) is 0 Å². The van der Waals surface area contributed by atoms with Crippen molar-refractivity contribution in [1.82, 2.24) is 0 Å². The SMILES string of the molecule is Cc1c(O)[c-](C)sc1=O.[Rf]. The van der Waals surface area contributed by atoms with Crippen LogP contribution in [0.25, 0.3) is 0 Å². The Bertz CT molecular complexity index is 274. The van der Waals surface area contributed by atoms with Crippen molar-refractivity contribution < 1.29 is 5.11 Å². The van der Waals surface area contributed by atoms with E-state index in [1.807, 2.05) is 0 Å². The van der Waals surface area contributed by atoms with Crippen LogP contribution in [0.1, 0.15) is 10.4 Å². The van der Waals surface area contributed by atoms with Crippen LogP contribution in [0.3, 0.4) is 0 Å². The molecule has 0 saturated carbocycles. The van der Waals surface area contributed by atoms with Gasteiger partial charge in [0.05, 0.1) is 4.74 Å². The van der Waals surface area contributed by atoms with Gasteiger partial charge in [-0.25, -0.2) is 11.3 Å². The third-order valence-electron chi connectivity index (χ3n) is 1.24. The molecule has 1 N–H and O–H groups in total. The van der Waals surface area contributed by atoms with Crippen LogP contribution in [0.2, 0.25) is 0 Å². The second-order valence-corrected chi connectivity index (χ2v) is 3.11. The molecule has 0 spiro atoms. The maximum atomic E-state index is 10.7. The summed E-state index contributed by atoms with van der Waals surface area (Å²) >= 11 is 1.09. The van der Waals surface area contributed by atoms with Gasteiger partial charge in [0.1, 0.15) is 0 Å². The topological polar surface area (TPSA) is 37.3 Å². The summed E-state index contributed by atoms with van der Waals surface area (Å²) in [5, 5.41) is 9.04. The second kappa shape index (κ2) is 2.27. The average molecular weight is 410 g/mol. The minimum Gasteiger partial charge on any atom is -0.533 e. The van der Waals surface area contributed by atoms with Crippen molar-refractivity contribution >= 4 is 11.3 Å². The molecule has 0 bridgehead atoms. The zero-order valence-electron chi connectivity index (χ0n) is 5.97. The molecule has 0 unspecified atom stereocenters. The van der Waals surface area contributed by atoms with Crippen LogP contribution >= 0.6 is 11.3 Å². The van der Waals surface area contributed by atoms with Crippen LogP contribution < -0.4 is 4.74 Å². The van der Waals surface area contributed by atoms with Crippen LogP contribution in [0.15, 0.2) is 4.79 Å². The van der Waals surface area contributed by atoms with Gasteiger partial charge in [0.25, 0.3) is 0 Å². The zero-order valence-corrected chi connectivity index (χ0v) is 13.2. The van der Waals surface area contributed by atoms with Crippen molar-refractivity contribution in [2.24, 2.45) is 0 Å². The predicted molar refractivity (Wildman–Crippen MR) is 37.3 cm³/mol. The fraction of sp³-hybridized carbons (Fsp3) is 0.333. The Morgan fingerprint density at radius 2 is 2.10 bits per heavy atom. The van der Waals surface area contributed by atoms with Crippen LogP contribution in [0.5, 0.6) is 5.75 Å². The van der Waals surface area contributed by atoms with Crippen LogP contribution in [0.4, 0.5) is 0 Å². The maximum absolute atomic E-state index is 10.7. The Kier molecular flexibility index (Phi) is 1.88. The van der Waals surface area contributed by atoms with E-state index < -0.39 is 0 Å². The van der Waals surface area contributed by atoms with Gasteiger partial charge in [-0.2, -0.15) is 0 Å². The van der Waals surface area contributed by atoms with Gasteiger partial charge >= 0.3 is 0 Å². The van der Waals surface area contributed by atoms with Gasteiger partial charge in [0.2, 0.25) is 0 Å². The standard InChI is InChI=1S/C6H7O2S.Rf/c1-3-5(7)4(2)9-6(3)8;/h7H,1-2H3;/q-1;. The molecule has 0 atom stereocenters. The maximum Gasteiger partial charge on any atom is 0.0820 e. The molecule has 4 heteroatoms. The van der Waals surface area contributed by atoms with Crippen molar-refractivity contribution in [2.75, 3.05) is 0 Å². The first kappa shape index (κ1) is 8.30. The molecule has 0 aromatic carbocycles. The largest absolute Gasteiger partial charge is 0.533 e. The third-order valence-corrected chi connectivity index (χ3v) is 2.23. The monoisotopic (exact) mass is 410 g/mol. The molecule has 1 heterocycles. The molecule has 10 heavy (non-hydrogen) atoms. The van der Waals surface area contributed by atoms with Crippen LogP contribution in [-0.4, -0.2) is 5.11 Å². The molecule has 1 aromatic rings. The first-order chi connectivity index (χ1) is 4.13. The Morgan fingerprint density at radius 1 is 1.60 bits per heavy atom. The summed E-state index contributed by atoms with van der Waals surface area (Å²) in [5.41, 5.74) is 0.470. The van der Waals surface area contributed by atoms with Gasteiger partial charge in [-0.3, -0.25) is 0 Å². The Morgan fingerprint density at radius 3 is 2.20 bits per heavy atom. The Hall–Kier alpha value is -1.70. The van der Waals surface area contributed by atoms with E-state index in [1.165, 1.54) is 0 Å². The summed E-state index contributed by atoms with van der Waals surface area (Å²) < 4.78 is -0.0370. The summed E-state index contributed by atoms with van der Waals surface area (Å²) in [7, 11) is 0. The van der Waals surface area contributed by atoms with E-state index in [4.69, 9.17) is 5.11 Å². The average Bonchev–Trinajstić information content (AvgIpc) is 1.98. The molecule has 0 aliphatic carbocycles. The molecule has 0 saturated heterocycles. The van der Waals surface area contributed by atoms with Gasteiger partial charge in [-0.1, -0.05) is 18.7 Å². The summed E-state index contributed by atoms with van der Waals surface area (Å²) in [6.45, 7) is 3.36. The number of hydrogen-bond acceptors (Lipinski definition) is 3. The van der Waals surface area contributed by atoms with Gasteiger partial charge in [-0.05, 0) is 0 Å². The van der Waals surface area contributed by atoms with E-state index in [0.29, 0.717) is 10.4 Å². The second-order valence-electron chi connectivity index (χ2n) is 1.92. The smallest absolute Gasteiger partial charge is 0.0820 e. The molecule has 0 aliphatic heterocycles. The van der Waals surface area contributed by atoms with Crippen molar-refractivity contribution in [2.45, 2.75) is 13.8 Å². The van der Waals surface area contributed by atoms with E-state index in [9.17, 15) is 4.79 Å². The molecular formula is C6H7O2RfS-. The van der Waals surface area contributed by atoms with E-state index in [0.717, 1.165) is 11.3 Å². The molecule has 0 amide bonds. The minimum absolute atomic E-state index is 0. The quantitative estimate of drug-likeness (QED) is 0.652. The normalized spacial score (nSPS) is 9.00. The van der Waals surface area contributed by atoms with E-state index >= 15 is 0 Å². The zero-order chi connectivity index (χ0) is 7.02. The van der Waals surface area contributed by atoms with Crippen molar-refractivity contribution in [3.8, 4) is 5.75 Å². The summed E-state index contributed by atoms with van der Waals surface area (Å²) in [5.74, 6) is 0.157. The Labute approximate surface area is 56.8 Å². The number of aryl methyl sites for hydroxylation is 1. The first-order valence-corrected chi connectivity index (χ1v) is 3.40.